The molecule has 3 rings (SSSR count). The Morgan fingerprint density at radius 1 is 1.40 bits per heavy atom. The van der Waals surface area contributed by atoms with Crippen LogP contribution in [0, 0.1) is 17.0 Å². The summed E-state index contributed by atoms with van der Waals surface area (Å²) >= 11 is 7.27. The maximum atomic E-state index is 12.5. The molecular weight excluding hydrogens is 438 g/mol. The number of halogens is 1. The Hall–Kier alpha value is -3.44. The number of H-pyrrole nitrogens is 1. The third kappa shape index (κ3) is 3.72. The second-order valence-electron chi connectivity index (χ2n) is 5.98. The summed E-state index contributed by atoms with van der Waals surface area (Å²) < 4.78 is 9.66. The number of phenolic OH excluding ortho intramolecular Hbond substituents is 1. The van der Waals surface area contributed by atoms with Crippen molar-refractivity contribution in [3.05, 3.63) is 54.4 Å². The maximum absolute atomic E-state index is 12.5. The van der Waals surface area contributed by atoms with Crippen molar-refractivity contribution in [2.24, 2.45) is 0 Å². The lowest BCUT2D eigenvalue weighted by Gasteiger charge is -2.06. The largest absolute Gasteiger partial charge is 0.500 e. The number of aromatic hydroxyl groups is 1. The third-order valence-corrected chi connectivity index (χ3v) is 5.64. The van der Waals surface area contributed by atoms with E-state index in [0.717, 1.165) is 17.4 Å². The van der Waals surface area contributed by atoms with Crippen LogP contribution < -0.4 is 10.3 Å². The molecule has 10 nitrogen and oxygen atoms in total. The highest BCUT2D eigenvalue weighted by atomic mass is 35.5. The fourth-order valence-corrected chi connectivity index (χ4v) is 4.07. The number of methoxy groups -OCH3 is 2. The van der Waals surface area contributed by atoms with E-state index in [2.05, 4.69) is 9.97 Å². The zero-order valence-corrected chi connectivity index (χ0v) is 17.4. The molecule has 0 aliphatic carbocycles. The van der Waals surface area contributed by atoms with Gasteiger partial charge in [0.05, 0.1) is 29.6 Å². The van der Waals surface area contributed by atoms with Crippen LogP contribution >= 0.6 is 22.9 Å². The van der Waals surface area contributed by atoms with E-state index in [1.54, 1.807) is 6.92 Å². The van der Waals surface area contributed by atoms with Crippen LogP contribution in [0.25, 0.3) is 21.3 Å². The van der Waals surface area contributed by atoms with Crippen LogP contribution in [0.4, 0.5) is 5.69 Å². The van der Waals surface area contributed by atoms with E-state index in [0.29, 0.717) is 5.56 Å². The second kappa shape index (κ2) is 8.13. The first-order chi connectivity index (χ1) is 14.2. The summed E-state index contributed by atoms with van der Waals surface area (Å²) in [6.45, 7) is 1.61. The number of fused-ring (bicyclic) bond motifs is 1. The molecule has 0 aliphatic rings. The minimum atomic E-state index is -0.766. The maximum Gasteiger partial charge on any atom is 0.348 e. The number of aryl methyl sites for hydroxylation is 1. The summed E-state index contributed by atoms with van der Waals surface area (Å²) in [7, 11) is 2.48. The van der Waals surface area contributed by atoms with Gasteiger partial charge in [0.25, 0.3) is 5.56 Å². The van der Waals surface area contributed by atoms with Crippen molar-refractivity contribution >= 4 is 55.9 Å². The lowest BCUT2D eigenvalue weighted by molar-refractivity contribution is -0.386. The number of hydrogen-bond donors (Lipinski definition) is 2. The van der Waals surface area contributed by atoms with E-state index < -0.39 is 27.9 Å². The summed E-state index contributed by atoms with van der Waals surface area (Å²) in [4.78, 5) is 42.1. The van der Waals surface area contributed by atoms with E-state index in [4.69, 9.17) is 21.1 Å². The molecule has 2 aromatic heterocycles. The number of nitro benzene ring substituents is 1. The molecule has 0 spiro atoms. The van der Waals surface area contributed by atoms with Crippen LogP contribution in [0.1, 0.15) is 26.6 Å². The van der Waals surface area contributed by atoms with Crippen LogP contribution in [0.3, 0.4) is 0 Å². The summed E-state index contributed by atoms with van der Waals surface area (Å²) in [5, 5.41) is 21.2. The number of nitrogens with zero attached hydrogens (tertiary/aromatic N) is 2. The summed E-state index contributed by atoms with van der Waals surface area (Å²) in [6, 6.07) is 2.44. The van der Waals surface area contributed by atoms with Crippen molar-refractivity contribution in [2.75, 3.05) is 14.2 Å². The van der Waals surface area contributed by atoms with Crippen LogP contribution in [0.5, 0.6) is 11.5 Å². The van der Waals surface area contributed by atoms with Gasteiger partial charge in [-0.1, -0.05) is 11.6 Å². The molecule has 0 bridgehead atoms. The molecule has 12 heteroatoms. The third-order valence-electron chi connectivity index (χ3n) is 4.18. The van der Waals surface area contributed by atoms with E-state index in [9.17, 15) is 24.8 Å². The molecule has 0 unspecified atom stereocenters. The molecule has 30 heavy (non-hydrogen) atoms. The van der Waals surface area contributed by atoms with Crippen LogP contribution in [0.2, 0.25) is 0 Å². The lowest BCUT2D eigenvalue weighted by atomic mass is 10.1. The van der Waals surface area contributed by atoms with E-state index in [1.807, 2.05) is 0 Å². The van der Waals surface area contributed by atoms with Gasteiger partial charge in [0.1, 0.15) is 9.71 Å². The highest BCUT2D eigenvalue weighted by molar-refractivity contribution is 7.20. The molecular formula is C18H14ClN3O7S. The number of thiophene rings is 1. The normalized spacial score (nSPS) is 11.5. The number of carbonyl (C=O) groups is 1. The van der Waals surface area contributed by atoms with Gasteiger partial charge in [0.2, 0.25) is 5.75 Å². The highest BCUT2D eigenvalue weighted by Crippen LogP contribution is 2.38. The number of phenols is 1. The minimum absolute atomic E-state index is 0.00141. The van der Waals surface area contributed by atoms with Crippen molar-refractivity contribution in [2.45, 2.75) is 6.92 Å². The van der Waals surface area contributed by atoms with Gasteiger partial charge in [-0.05, 0) is 30.2 Å². The van der Waals surface area contributed by atoms with Gasteiger partial charge >= 0.3 is 11.7 Å². The first-order valence-electron chi connectivity index (χ1n) is 8.22. The van der Waals surface area contributed by atoms with Gasteiger partial charge in [-0.2, -0.15) is 0 Å². The predicted octanol–water partition coefficient (Wildman–Crippen LogP) is 3.44. The van der Waals surface area contributed by atoms with E-state index in [1.165, 1.54) is 26.4 Å². The number of esters is 1. The van der Waals surface area contributed by atoms with Crippen LogP contribution in [-0.2, 0) is 4.74 Å². The molecule has 0 saturated carbocycles. The molecule has 1 aromatic carbocycles. The summed E-state index contributed by atoms with van der Waals surface area (Å²) in [5.41, 5.74) is -0.388. The monoisotopic (exact) mass is 451 g/mol. The number of rotatable bonds is 5. The van der Waals surface area contributed by atoms with Crippen molar-refractivity contribution < 1.29 is 24.3 Å². The van der Waals surface area contributed by atoms with Crippen molar-refractivity contribution in [3.8, 4) is 11.5 Å². The molecule has 156 valence electrons. The minimum Gasteiger partial charge on any atom is -0.500 e. The van der Waals surface area contributed by atoms with E-state index >= 15 is 0 Å². The molecule has 0 saturated heterocycles. The first kappa shape index (κ1) is 21.3. The number of aromatic amines is 1. The number of aromatic nitrogens is 2. The number of nitrogens with one attached hydrogen (secondary N) is 1. The standard InChI is InChI=1S/C18H14ClN3O7S/c1-7-12-16(24)20-15(21-17(12)30-14(7)18(25)29-3)9(19)4-8-5-10(22(26)27)13(23)11(6-8)28-2/h4-6,23H,1-3H3,(H,20,21,24)/b9-4-. The van der Waals surface area contributed by atoms with Crippen molar-refractivity contribution in [1.82, 2.24) is 9.97 Å². The van der Waals surface area contributed by atoms with E-state index in [-0.39, 0.29) is 37.3 Å². The quantitative estimate of drug-likeness (QED) is 0.341. The first-order valence-corrected chi connectivity index (χ1v) is 9.42. The van der Waals surface area contributed by atoms with Gasteiger partial charge in [-0.3, -0.25) is 14.9 Å². The van der Waals surface area contributed by atoms with Gasteiger partial charge in [0, 0.05) is 6.07 Å². The number of hydrogen-bond acceptors (Lipinski definition) is 9. The Balaban J connectivity index is 2.13. The molecule has 0 fully saturated rings. The Kier molecular flexibility index (Phi) is 5.76. The topological polar surface area (TPSA) is 145 Å². The fourth-order valence-electron chi connectivity index (χ4n) is 2.75. The number of benzene rings is 1. The van der Waals surface area contributed by atoms with Gasteiger partial charge in [-0.25, -0.2) is 9.78 Å². The Labute approximate surface area is 177 Å². The zero-order valence-electron chi connectivity index (χ0n) is 15.8. The number of ether oxygens (including phenoxy) is 2. The van der Waals surface area contributed by atoms with Gasteiger partial charge < -0.3 is 19.6 Å². The molecule has 2 heterocycles. The SMILES string of the molecule is COC(=O)c1sc2nc(/C(Cl)=C/c3cc(OC)c(O)c([N+](=O)[O-])c3)[nH]c(=O)c2c1C. The van der Waals surface area contributed by atoms with Gasteiger partial charge in [0.15, 0.2) is 11.6 Å². The molecule has 0 radical (unpaired) electrons. The lowest BCUT2D eigenvalue weighted by Crippen LogP contribution is -2.10. The molecule has 3 aromatic rings. The van der Waals surface area contributed by atoms with Crippen LogP contribution in [-0.4, -0.2) is 40.2 Å². The average molecular weight is 452 g/mol. The number of nitro groups is 1. The van der Waals surface area contributed by atoms with Crippen LogP contribution in [0.15, 0.2) is 16.9 Å². The van der Waals surface area contributed by atoms with Crippen molar-refractivity contribution in [3.63, 3.8) is 0 Å². The zero-order chi connectivity index (χ0) is 22.2. The molecule has 0 atom stereocenters. The average Bonchev–Trinajstić information content (AvgIpc) is 3.05. The predicted molar refractivity (Wildman–Crippen MR) is 111 cm³/mol. The highest BCUT2D eigenvalue weighted by Gasteiger charge is 2.21. The Morgan fingerprint density at radius 3 is 2.70 bits per heavy atom. The fraction of sp³-hybridized carbons (Fsp3) is 0.167. The van der Waals surface area contributed by atoms with Crippen molar-refractivity contribution in [1.29, 1.82) is 0 Å². The number of carbonyl (C=O) groups excluding carboxylic acids is 1. The smallest absolute Gasteiger partial charge is 0.348 e. The Morgan fingerprint density at radius 2 is 2.10 bits per heavy atom. The molecule has 2 N–H and O–H groups in total. The molecule has 0 amide bonds. The second-order valence-corrected chi connectivity index (χ2v) is 7.39. The summed E-state index contributed by atoms with van der Waals surface area (Å²) in [5.74, 6) is -1.32. The molecule has 0 aliphatic heterocycles. The Bertz CT molecular complexity index is 1280. The van der Waals surface area contributed by atoms with Gasteiger partial charge in [-0.15, -0.1) is 11.3 Å². The summed E-state index contributed by atoms with van der Waals surface area (Å²) in [6.07, 6.45) is 1.32.